The predicted octanol–water partition coefficient (Wildman–Crippen LogP) is 7.05. The monoisotopic (exact) mass is 552 g/mol. The number of imidazole rings is 1. The number of nitrogens with one attached hydrogen (secondary N) is 1. The maximum atomic E-state index is 14.2. The Bertz CT molecular complexity index is 1470. The molecule has 2 amide bonds. The number of carbonyl (C=O) groups excluding carboxylic acids is 2. The van der Waals surface area contributed by atoms with Crippen LogP contribution in [-0.2, 0) is 12.8 Å². The van der Waals surface area contributed by atoms with Crippen LogP contribution in [0.4, 0.5) is 11.6 Å². The summed E-state index contributed by atoms with van der Waals surface area (Å²) in [7, 11) is 0. The lowest BCUT2D eigenvalue weighted by molar-refractivity contribution is 0.0991. The van der Waals surface area contributed by atoms with Gasteiger partial charge in [-0.25, -0.2) is 9.88 Å². The van der Waals surface area contributed by atoms with Gasteiger partial charge in [0.25, 0.3) is 11.8 Å². The van der Waals surface area contributed by atoms with Gasteiger partial charge < -0.3 is 15.8 Å². The third kappa shape index (κ3) is 5.49. The second-order valence-electron chi connectivity index (χ2n) is 10.2. The molecule has 0 bridgehead atoms. The molecule has 1 heterocycles. The van der Waals surface area contributed by atoms with Gasteiger partial charge in [-0.05, 0) is 60.6 Å². The molecule has 0 aliphatic heterocycles. The zero-order valence-electron chi connectivity index (χ0n) is 21.7. The van der Waals surface area contributed by atoms with Crippen LogP contribution in [0.2, 0.25) is 10.0 Å². The first-order valence-electron chi connectivity index (χ1n) is 12.4. The molecule has 9 heteroatoms. The molecule has 0 radical (unpaired) electrons. The van der Waals surface area contributed by atoms with E-state index < -0.39 is 5.91 Å². The van der Waals surface area contributed by atoms with Crippen molar-refractivity contribution in [1.29, 1.82) is 0 Å². The lowest BCUT2D eigenvalue weighted by Crippen LogP contribution is -2.30. The minimum Gasteiger partial charge on any atom is -0.507 e. The second kappa shape index (κ2) is 11.1. The number of aromatic amines is 1. The zero-order valence-corrected chi connectivity index (χ0v) is 23.2. The lowest BCUT2D eigenvalue weighted by atomic mass is 9.90. The molecule has 0 unspecified atom stereocenters. The summed E-state index contributed by atoms with van der Waals surface area (Å²) >= 11 is 12.5. The Morgan fingerprint density at radius 2 is 1.63 bits per heavy atom. The van der Waals surface area contributed by atoms with E-state index in [0.717, 1.165) is 0 Å². The molecular formula is C29H30Cl2N4O3. The number of carbonyl (C=O) groups is 2. The van der Waals surface area contributed by atoms with Crippen molar-refractivity contribution in [2.24, 2.45) is 17.6 Å². The molecule has 3 aromatic carbocycles. The number of halogens is 2. The number of nitrogens with zero attached hydrogens (tertiary/aromatic N) is 2. The Morgan fingerprint density at radius 3 is 2.24 bits per heavy atom. The average molecular weight is 553 g/mol. The number of hydrogen-bond donors (Lipinski definition) is 3. The number of hydrogen-bond acceptors (Lipinski definition) is 4. The maximum absolute atomic E-state index is 14.2. The van der Waals surface area contributed by atoms with Crippen LogP contribution in [0.3, 0.4) is 0 Å². The molecule has 0 aliphatic carbocycles. The number of primary amides is 1. The topological polar surface area (TPSA) is 112 Å². The second-order valence-corrected chi connectivity index (χ2v) is 11.0. The van der Waals surface area contributed by atoms with Crippen molar-refractivity contribution in [2.45, 2.75) is 40.5 Å². The van der Waals surface area contributed by atoms with Crippen molar-refractivity contribution in [3.63, 3.8) is 0 Å². The van der Waals surface area contributed by atoms with Crippen molar-refractivity contribution in [3.8, 4) is 5.75 Å². The van der Waals surface area contributed by atoms with Crippen molar-refractivity contribution in [2.75, 3.05) is 4.90 Å². The highest BCUT2D eigenvalue weighted by molar-refractivity contribution is 6.42. The molecule has 4 rings (SSSR count). The van der Waals surface area contributed by atoms with Crippen LogP contribution in [0.5, 0.6) is 5.75 Å². The Balaban J connectivity index is 2.09. The van der Waals surface area contributed by atoms with Gasteiger partial charge in [0.05, 0.1) is 32.3 Å². The largest absolute Gasteiger partial charge is 0.507 e. The van der Waals surface area contributed by atoms with Gasteiger partial charge in [-0.3, -0.25) is 9.59 Å². The molecule has 0 spiro atoms. The first kappa shape index (κ1) is 27.5. The highest BCUT2D eigenvalue weighted by Crippen LogP contribution is 2.42. The molecule has 0 saturated carbocycles. The fourth-order valence-electron chi connectivity index (χ4n) is 4.55. The summed E-state index contributed by atoms with van der Waals surface area (Å²) in [5.74, 6) is -0.833. The normalized spacial score (nSPS) is 11.5. The smallest absolute Gasteiger partial charge is 0.265 e. The van der Waals surface area contributed by atoms with Crippen LogP contribution in [-0.4, -0.2) is 26.9 Å². The Kier molecular flexibility index (Phi) is 7.99. The molecule has 198 valence electrons. The standard InChI is InChI=1S/C29H30Cl2N4O3/c1-15(2)10-18-12-20(27(32)37)26(36)19(11-16(3)4)25(18)35(28(38)17-8-6-5-7-9-17)29-33-23-13-21(30)22(31)14-24(23)34-29/h5-9,12-16,36H,10-11H2,1-4H3,(H2,32,37)(H,33,34). The van der Waals surface area contributed by atoms with E-state index in [1.165, 1.54) is 4.90 Å². The van der Waals surface area contributed by atoms with E-state index in [1.54, 1.807) is 42.5 Å². The van der Waals surface area contributed by atoms with Crippen LogP contribution in [0.25, 0.3) is 11.0 Å². The Labute approximate surface area is 231 Å². The summed E-state index contributed by atoms with van der Waals surface area (Å²) in [6.45, 7) is 8.07. The quantitative estimate of drug-likeness (QED) is 0.217. The number of amides is 2. The molecule has 1 aromatic heterocycles. The summed E-state index contributed by atoms with van der Waals surface area (Å²) in [6.07, 6.45) is 0.918. The van der Waals surface area contributed by atoms with Crippen LogP contribution in [0.1, 0.15) is 59.5 Å². The van der Waals surface area contributed by atoms with Gasteiger partial charge in [-0.1, -0.05) is 69.1 Å². The third-order valence-corrected chi connectivity index (χ3v) is 6.85. The molecular weight excluding hydrogens is 523 g/mol. The molecule has 38 heavy (non-hydrogen) atoms. The molecule has 0 fully saturated rings. The molecule has 4 N–H and O–H groups in total. The van der Waals surface area contributed by atoms with Crippen molar-refractivity contribution in [1.82, 2.24) is 9.97 Å². The van der Waals surface area contributed by atoms with E-state index in [1.807, 2.05) is 33.8 Å². The maximum Gasteiger partial charge on any atom is 0.265 e. The zero-order chi connectivity index (χ0) is 27.7. The highest BCUT2D eigenvalue weighted by atomic mass is 35.5. The number of fused-ring (bicyclic) bond motifs is 1. The van der Waals surface area contributed by atoms with Crippen LogP contribution >= 0.6 is 23.2 Å². The van der Waals surface area contributed by atoms with Gasteiger partial charge in [0.15, 0.2) is 0 Å². The molecule has 0 saturated heterocycles. The first-order chi connectivity index (χ1) is 18.0. The number of nitrogens with two attached hydrogens (primary N) is 1. The van der Waals surface area contributed by atoms with Crippen molar-refractivity contribution >= 4 is 57.7 Å². The molecule has 0 aliphatic rings. The van der Waals surface area contributed by atoms with Crippen molar-refractivity contribution < 1.29 is 14.7 Å². The van der Waals surface area contributed by atoms with Gasteiger partial charge in [0, 0.05) is 11.1 Å². The van der Waals surface area contributed by atoms with Gasteiger partial charge in [-0.2, -0.15) is 0 Å². The van der Waals surface area contributed by atoms with E-state index in [-0.39, 0.29) is 35.0 Å². The van der Waals surface area contributed by atoms with E-state index in [2.05, 4.69) is 4.98 Å². The summed E-state index contributed by atoms with van der Waals surface area (Å²) in [4.78, 5) is 35.9. The number of phenols is 1. The van der Waals surface area contributed by atoms with E-state index in [9.17, 15) is 14.7 Å². The number of H-pyrrole nitrogens is 1. The number of rotatable bonds is 8. The molecule has 0 atom stereocenters. The highest BCUT2D eigenvalue weighted by Gasteiger charge is 2.31. The first-order valence-corrected chi connectivity index (χ1v) is 13.1. The van der Waals surface area contributed by atoms with E-state index in [4.69, 9.17) is 33.9 Å². The summed E-state index contributed by atoms with van der Waals surface area (Å²) < 4.78 is 0. The van der Waals surface area contributed by atoms with Crippen LogP contribution in [0, 0.1) is 11.8 Å². The van der Waals surface area contributed by atoms with Crippen LogP contribution < -0.4 is 10.6 Å². The minimum atomic E-state index is -0.738. The van der Waals surface area contributed by atoms with Gasteiger partial charge >= 0.3 is 0 Å². The number of anilines is 2. The number of aromatic hydroxyl groups is 1. The van der Waals surface area contributed by atoms with E-state index in [0.29, 0.717) is 56.3 Å². The van der Waals surface area contributed by atoms with Gasteiger partial charge in [-0.15, -0.1) is 0 Å². The molecule has 7 nitrogen and oxygen atoms in total. The summed E-state index contributed by atoms with van der Waals surface area (Å²) in [6, 6.07) is 13.7. The third-order valence-electron chi connectivity index (χ3n) is 6.13. The molecule has 4 aromatic rings. The number of aromatic nitrogens is 2. The number of benzene rings is 3. The SMILES string of the molecule is CC(C)Cc1cc(C(N)=O)c(O)c(CC(C)C)c1N(C(=O)c1ccccc1)c1nc2cc(Cl)c(Cl)cc2[nH]1. The summed E-state index contributed by atoms with van der Waals surface area (Å²) in [5, 5.41) is 12.0. The fraction of sp³-hybridized carbons (Fsp3) is 0.276. The Morgan fingerprint density at radius 1 is 1.00 bits per heavy atom. The predicted molar refractivity (Wildman–Crippen MR) is 153 cm³/mol. The van der Waals surface area contributed by atoms with Crippen molar-refractivity contribution in [3.05, 3.63) is 80.8 Å². The lowest BCUT2D eigenvalue weighted by Gasteiger charge is -2.28. The van der Waals surface area contributed by atoms with E-state index >= 15 is 0 Å². The van der Waals surface area contributed by atoms with Gasteiger partial charge in [0.1, 0.15) is 5.75 Å². The van der Waals surface area contributed by atoms with Crippen LogP contribution in [0.15, 0.2) is 48.5 Å². The van der Waals surface area contributed by atoms with Gasteiger partial charge in [0.2, 0.25) is 5.95 Å². The average Bonchev–Trinajstić information content (AvgIpc) is 3.24. The summed E-state index contributed by atoms with van der Waals surface area (Å²) in [5.41, 5.74) is 8.84. The minimum absolute atomic E-state index is 0.0235. The fourth-order valence-corrected chi connectivity index (χ4v) is 4.88. The Hall–Kier alpha value is -3.55.